The molecule has 3 unspecified atom stereocenters. The molecule has 0 aromatic heterocycles. The highest BCUT2D eigenvalue weighted by atomic mass is 16.3. The highest BCUT2D eigenvalue weighted by Crippen LogP contribution is 2.50. The average molecular weight is 273 g/mol. The fourth-order valence-corrected chi connectivity index (χ4v) is 3.78. The third kappa shape index (κ3) is 3.52. The molecule has 2 aliphatic rings. The summed E-state index contributed by atoms with van der Waals surface area (Å²) in [6, 6.07) is 2.33. The SMILES string of the molecule is CCCCCC(C)(O)C=CC1C(CC#N)[C@H]2C=C[C@H]1C2. The van der Waals surface area contributed by atoms with Crippen LogP contribution in [0.4, 0.5) is 0 Å². The van der Waals surface area contributed by atoms with Gasteiger partial charge in [-0.05, 0) is 43.4 Å². The number of nitrogens with zero attached hydrogens (tertiary/aromatic N) is 1. The third-order valence-electron chi connectivity index (χ3n) is 4.98. The monoisotopic (exact) mass is 273 g/mol. The van der Waals surface area contributed by atoms with Crippen molar-refractivity contribution in [1.29, 1.82) is 5.26 Å². The Balaban J connectivity index is 1.95. The van der Waals surface area contributed by atoms with Gasteiger partial charge in [0.25, 0.3) is 0 Å². The first-order valence-corrected chi connectivity index (χ1v) is 8.04. The molecular weight excluding hydrogens is 246 g/mol. The second-order valence-electron chi connectivity index (χ2n) is 6.73. The number of allylic oxidation sites excluding steroid dienone is 3. The zero-order valence-corrected chi connectivity index (χ0v) is 12.8. The number of hydrogen-bond donors (Lipinski definition) is 1. The lowest BCUT2D eigenvalue weighted by Gasteiger charge is -2.25. The van der Waals surface area contributed by atoms with Crippen molar-refractivity contribution in [3.8, 4) is 6.07 Å². The molecule has 0 spiro atoms. The van der Waals surface area contributed by atoms with E-state index >= 15 is 0 Å². The standard InChI is InChI=1S/C18H27NO/c1-3-4-5-10-18(2,20)11-8-16-14-6-7-15(13-14)17(16)9-12-19/h6-8,11,14-17,20H,3-5,9-10,13H2,1-2H3/t14-,15-,16?,17?,18?/m0/s1. The second kappa shape index (κ2) is 6.59. The highest BCUT2D eigenvalue weighted by molar-refractivity contribution is 5.19. The molecule has 2 rings (SSSR count). The number of nitriles is 1. The number of rotatable bonds is 7. The largest absolute Gasteiger partial charge is 0.386 e. The molecule has 2 nitrogen and oxygen atoms in total. The molecule has 1 saturated carbocycles. The molecule has 5 atom stereocenters. The average Bonchev–Trinajstić information content (AvgIpc) is 2.98. The second-order valence-corrected chi connectivity index (χ2v) is 6.73. The van der Waals surface area contributed by atoms with Gasteiger partial charge in [-0.15, -0.1) is 0 Å². The summed E-state index contributed by atoms with van der Waals surface area (Å²) in [5.74, 6) is 2.07. The highest BCUT2D eigenvalue weighted by Gasteiger charge is 2.42. The van der Waals surface area contributed by atoms with E-state index in [0.29, 0.717) is 30.1 Å². The quantitative estimate of drug-likeness (QED) is 0.557. The van der Waals surface area contributed by atoms with Crippen LogP contribution < -0.4 is 0 Å². The Morgan fingerprint density at radius 3 is 2.80 bits per heavy atom. The smallest absolute Gasteiger partial charge is 0.0799 e. The predicted octanol–water partition coefficient (Wildman–Crippen LogP) is 4.23. The molecule has 0 saturated heterocycles. The summed E-state index contributed by atoms with van der Waals surface area (Å²) in [6.45, 7) is 4.08. The Hall–Kier alpha value is -1.07. The van der Waals surface area contributed by atoms with Crippen LogP contribution in [0, 0.1) is 35.0 Å². The van der Waals surface area contributed by atoms with Gasteiger partial charge in [0.2, 0.25) is 0 Å². The van der Waals surface area contributed by atoms with Crippen LogP contribution in [0.15, 0.2) is 24.3 Å². The van der Waals surface area contributed by atoms with Gasteiger partial charge in [-0.3, -0.25) is 0 Å². The first-order chi connectivity index (χ1) is 9.57. The molecule has 0 aromatic rings. The van der Waals surface area contributed by atoms with Gasteiger partial charge in [-0.25, -0.2) is 0 Å². The van der Waals surface area contributed by atoms with Crippen molar-refractivity contribution in [3.63, 3.8) is 0 Å². The maximum absolute atomic E-state index is 10.4. The summed E-state index contributed by atoms with van der Waals surface area (Å²) in [5, 5.41) is 19.4. The first-order valence-electron chi connectivity index (χ1n) is 8.04. The number of aliphatic hydroxyl groups is 1. The lowest BCUT2D eigenvalue weighted by atomic mass is 9.80. The van der Waals surface area contributed by atoms with Gasteiger partial charge in [0.15, 0.2) is 0 Å². The van der Waals surface area contributed by atoms with Crippen molar-refractivity contribution in [2.24, 2.45) is 23.7 Å². The van der Waals surface area contributed by atoms with Crippen LogP contribution in [0.3, 0.4) is 0 Å². The minimum Gasteiger partial charge on any atom is -0.386 e. The van der Waals surface area contributed by atoms with Gasteiger partial charge < -0.3 is 5.11 Å². The van der Waals surface area contributed by atoms with E-state index in [0.717, 1.165) is 12.8 Å². The van der Waals surface area contributed by atoms with E-state index in [2.05, 4.69) is 31.2 Å². The van der Waals surface area contributed by atoms with Gasteiger partial charge in [-0.2, -0.15) is 5.26 Å². The summed E-state index contributed by atoms with van der Waals surface area (Å²) in [7, 11) is 0. The van der Waals surface area contributed by atoms with Crippen molar-refractivity contribution in [1.82, 2.24) is 0 Å². The molecule has 1 fully saturated rings. The van der Waals surface area contributed by atoms with Crippen LogP contribution in [0.1, 0.15) is 52.4 Å². The van der Waals surface area contributed by atoms with Crippen molar-refractivity contribution in [3.05, 3.63) is 24.3 Å². The van der Waals surface area contributed by atoms with Crippen LogP contribution in [-0.2, 0) is 0 Å². The minimum absolute atomic E-state index is 0.447. The summed E-state index contributed by atoms with van der Waals surface area (Å²) in [5.41, 5.74) is -0.697. The molecule has 110 valence electrons. The van der Waals surface area contributed by atoms with Crippen LogP contribution in [-0.4, -0.2) is 10.7 Å². The molecule has 0 heterocycles. The lowest BCUT2D eigenvalue weighted by molar-refractivity contribution is 0.0976. The molecule has 2 heteroatoms. The molecular formula is C18H27NO. The van der Waals surface area contributed by atoms with Gasteiger partial charge in [0.05, 0.1) is 11.7 Å². The van der Waals surface area contributed by atoms with Gasteiger partial charge >= 0.3 is 0 Å². The van der Waals surface area contributed by atoms with Crippen molar-refractivity contribution < 1.29 is 5.11 Å². The van der Waals surface area contributed by atoms with E-state index < -0.39 is 5.60 Å². The number of hydrogen-bond acceptors (Lipinski definition) is 2. The van der Waals surface area contributed by atoms with Gasteiger partial charge in [0, 0.05) is 6.42 Å². The van der Waals surface area contributed by atoms with E-state index in [9.17, 15) is 5.11 Å². The topological polar surface area (TPSA) is 44.0 Å². The molecule has 0 amide bonds. The maximum atomic E-state index is 10.4. The lowest BCUT2D eigenvalue weighted by Crippen LogP contribution is -2.23. The summed E-state index contributed by atoms with van der Waals surface area (Å²) in [4.78, 5) is 0. The van der Waals surface area contributed by atoms with Crippen molar-refractivity contribution >= 4 is 0 Å². The first kappa shape index (κ1) is 15.3. The molecule has 0 aliphatic heterocycles. The minimum atomic E-state index is -0.697. The van der Waals surface area contributed by atoms with E-state index in [4.69, 9.17) is 5.26 Å². The van der Waals surface area contributed by atoms with E-state index in [-0.39, 0.29) is 0 Å². The summed E-state index contributed by atoms with van der Waals surface area (Å²) in [6.07, 6.45) is 14.9. The molecule has 2 aliphatic carbocycles. The third-order valence-corrected chi connectivity index (χ3v) is 4.98. The van der Waals surface area contributed by atoms with E-state index in [1.165, 1.54) is 19.3 Å². The number of unbranched alkanes of at least 4 members (excludes halogenated alkanes) is 2. The van der Waals surface area contributed by atoms with Crippen molar-refractivity contribution in [2.45, 2.75) is 58.0 Å². The Labute approximate surface area is 123 Å². The fourth-order valence-electron chi connectivity index (χ4n) is 3.78. The molecule has 20 heavy (non-hydrogen) atoms. The zero-order valence-electron chi connectivity index (χ0n) is 12.8. The Morgan fingerprint density at radius 2 is 2.10 bits per heavy atom. The summed E-state index contributed by atoms with van der Waals surface area (Å²) >= 11 is 0. The van der Waals surface area contributed by atoms with Crippen molar-refractivity contribution in [2.75, 3.05) is 0 Å². The molecule has 2 bridgehead atoms. The Morgan fingerprint density at radius 1 is 1.35 bits per heavy atom. The number of fused-ring (bicyclic) bond motifs is 2. The Kier molecular flexibility index (Phi) is 5.05. The maximum Gasteiger partial charge on any atom is 0.0799 e. The fraction of sp³-hybridized carbons (Fsp3) is 0.722. The van der Waals surface area contributed by atoms with Crippen LogP contribution in [0.2, 0.25) is 0 Å². The normalized spacial score (nSPS) is 34.5. The molecule has 0 aromatic carbocycles. The predicted molar refractivity (Wildman–Crippen MR) is 81.9 cm³/mol. The molecule has 1 N–H and O–H groups in total. The van der Waals surface area contributed by atoms with Gasteiger partial charge in [0.1, 0.15) is 0 Å². The van der Waals surface area contributed by atoms with Crippen LogP contribution >= 0.6 is 0 Å². The van der Waals surface area contributed by atoms with E-state index in [1.54, 1.807) is 0 Å². The van der Waals surface area contributed by atoms with Crippen LogP contribution in [0.5, 0.6) is 0 Å². The van der Waals surface area contributed by atoms with Gasteiger partial charge in [-0.1, -0.05) is 50.5 Å². The zero-order chi connectivity index (χ0) is 14.6. The summed E-state index contributed by atoms with van der Waals surface area (Å²) < 4.78 is 0. The molecule has 0 radical (unpaired) electrons. The van der Waals surface area contributed by atoms with Crippen LogP contribution in [0.25, 0.3) is 0 Å². The van der Waals surface area contributed by atoms with E-state index in [1.807, 2.05) is 13.0 Å². The Bertz CT molecular complexity index is 416.